The number of nitrogens with one attached hydrogen (secondary N) is 1. The zero-order valence-electron chi connectivity index (χ0n) is 16.3. The molecule has 0 heterocycles. The van der Waals surface area contributed by atoms with Gasteiger partial charge in [-0.15, -0.1) is 0 Å². The highest BCUT2D eigenvalue weighted by Crippen LogP contribution is 2.39. The summed E-state index contributed by atoms with van der Waals surface area (Å²) < 4.78 is 0. The molecule has 1 N–H and O–H groups in total. The first kappa shape index (κ1) is 20.5. The first-order valence-electron chi connectivity index (χ1n) is 8.47. The number of hydrogen-bond donors (Lipinski definition) is 1. The largest absolute Gasteiger partial charge is 0.350 e. The summed E-state index contributed by atoms with van der Waals surface area (Å²) in [5.41, 5.74) is -0.507. The van der Waals surface area contributed by atoms with Crippen molar-refractivity contribution in [2.75, 3.05) is 0 Å². The number of amides is 1. The lowest BCUT2D eigenvalue weighted by atomic mass is 9.66. The highest BCUT2D eigenvalue weighted by molar-refractivity contribution is 5.82. The molecule has 0 spiro atoms. The lowest BCUT2D eigenvalue weighted by Crippen LogP contribution is -2.58. The molecule has 2 nitrogen and oxygen atoms in total. The molecule has 2 heteroatoms. The van der Waals surface area contributed by atoms with Crippen molar-refractivity contribution in [3.8, 4) is 0 Å². The predicted molar refractivity (Wildman–Crippen MR) is 93.2 cm³/mol. The lowest BCUT2D eigenvalue weighted by Gasteiger charge is -2.46. The topological polar surface area (TPSA) is 29.1 Å². The maximum atomic E-state index is 12.8. The quantitative estimate of drug-likeness (QED) is 0.681. The van der Waals surface area contributed by atoms with Gasteiger partial charge in [-0.25, -0.2) is 0 Å². The van der Waals surface area contributed by atoms with E-state index in [1.165, 1.54) is 0 Å². The van der Waals surface area contributed by atoms with Gasteiger partial charge in [0.1, 0.15) is 0 Å². The van der Waals surface area contributed by atoms with Crippen LogP contribution in [0, 0.1) is 28.6 Å². The van der Waals surface area contributed by atoms with Crippen LogP contribution >= 0.6 is 0 Å². The van der Waals surface area contributed by atoms with Crippen LogP contribution in [0.5, 0.6) is 0 Å². The normalized spacial score (nSPS) is 15.5. The first-order valence-corrected chi connectivity index (χ1v) is 8.47. The maximum Gasteiger partial charge on any atom is 0.226 e. The molecule has 0 bridgehead atoms. The van der Waals surface area contributed by atoms with Crippen molar-refractivity contribution >= 4 is 5.91 Å². The molecule has 0 aliphatic heterocycles. The van der Waals surface area contributed by atoms with Gasteiger partial charge in [0.25, 0.3) is 0 Å². The van der Waals surface area contributed by atoms with Crippen LogP contribution in [-0.2, 0) is 4.79 Å². The minimum Gasteiger partial charge on any atom is -0.350 e. The monoisotopic (exact) mass is 297 g/mol. The standard InChI is InChI=1S/C19H39NO/c1-13(2)15(5)12-17(6,7)16(21)20-19(10,11)18(8,9)14(3)4/h13-15H,12H2,1-11H3,(H,20,21). The van der Waals surface area contributed by atoms with Crippen molar-refractivity contribution < 1.29 is 4.79 Å². The SMILES string of the molecule is CC(C)C(C)CC(C)(C)C(=O)NC(C)(C)C(C)(C)C(C)C. The number of carbonyl (C=O) groups excluding carboxylic acids is 1. The Labute approximate surface area is 133 Å². The molecule has 0 fully saturated rings. The molecule has 0 aromatic heterocycles. The second-order valence-electron chi connectivity index (χ2n) is 9.26. The van der Waals surface area contributed by atoms with E-state index in [2.05, 4.69) is 81.5 Å². The van der Waals surface area contributed by atoms with Gasteiger partial charge in [0.2, 0.25) is 5.91 Å². The third kappa shape index (κ3) is 5.00. The minimum absolute atomic E-state index is 0.0441. The van der Waals surface area contributed by atoms with E-state index >= 15 is 0 Å². The zero-order valence-corrected chi connectivity index (χ0v) is 16.3. The Morgan fingerprint density at radius 2 is 1.33 bits per heavy atom. The Morgan fingerprint density at radius 1 is 0.905 bits per heavy atom. The van der Waals surface area contributed by atoms with Crippen molar-refractivity contribution in [3.63, 3.8) is 0 Å². The molecule has 126 valence electrons. The third-order valence-electron chi connectivity index (χ3n) is 6.07. The predicted octanol–water partition coefficient (Wildman–Crippen LogP) is 5.27. The summed E-state index contributed by atoms with van der Waals surface area (Å²) in [4.78, 5) is 12.8. The fourth-order valence-corrected chi connectivity index (χ4v) is 2.47. The van der Waals surface area contributed by atoms with Crippen LogP contribution in [-0.4, -0.2) is 11.4 Å². The van der Waals surface area contributed by atoms with E-state index in [-0.39, 0.29) is 22.3 Å². The van der Waals surface area contributed by atoms with Crippen molar-refractivity contribution in [2.24, 2.45) is 28.6 Å². The molecule has 0 aromatic rings. The molecule has 1 unspecified atom stereocenters. The van der Waals surface area contributed by atoms with E-state index in [1.807, 2.05) is 0 Å². The van der Waals surface area contributed by atoms with E-state index < -0.39 is 0 Å². The van der Waals surface area contributed by atoms with Crippen LogP contribution in [0.3, 0.4) is 0 Å². The molecule has 21 heavy (non-hydrogen) atoms. The summed E-state index contributed by atoms with van der Waals surface area (Å²) in [6.45, 7) is 24.0. The number of rotatable bonds is 7. The smallest absolute Gasteiger partial charge is 0.226 e. The molecule has 0 radical (unpaired) electrons. The van der Waals surface area contributed by atoms with E-state index in [9.17, 15) is 4.79 Å². The molecule has 1 atom stereocenters. The highest BCUT2D eigenvalue weighted by Gasteiger charge is 2.43. The van der Waals surface area contributed by atoms with Gasteiger partial charge in [-0.2, -0.15) is 0 Å². The van der Waals surface area contributed by atoms with Gasteiger partial charge in [0.15, 0.2) is 0 Å². The Balaban J connectivity index is 5.03. The van der Waals surface area contributed by atoms with Gasteiger partial charge >= 0.3 is 0 Å². The number of hydrogen-bond acceptors (Lipinski definition) is 1. The van der Waals surface area contributed by atoms with Gasteiger partial charge < -0.3 is 5.32 Å². The molecular formula is C19H39NO. The second kappa shape index (κ2) is 6.71. The summed E-state index contributed by atoms with van der Waals surface area (Å²) >= 11 is 0. The molecule has 0 saturated heterocycles. The summed E-state index contributed by atoms with van der Waals surface area (Å²) in [5.74, 6) is 1.84. The average Bonchev–Trinajstić information content (AvgIpc) is 2.26. The lowest BCUT2D eigenvalue weighted by molar-refractivity contribution is -0.134. The molecule has 0 aliphatic rings. The molecule has 0 aromatic carbocycles. The maximum absolute atomic E-state index is 12.8. The minimum atomic E-state index is -0.325. The summed E-state index contributed by atoms with van der Waals surface area (Å²) in [7, 11) is 0. The first-order chi connectivity index (χ1) is 9.15. The second-order valence-corrected chi connectivity index (χ2v) is 9.26. The van der Waals surface area contributed by atoms with Crippen LogP contribution in [0.4, 0.5) is 0 Å². The van der Waals surface area contributed by atoms with E-state index in [4.69, 9.17) is 0 Å². The van der Waals surface area contributed by atoms with Crippen molar-refractivity contribution in [1.29, 1.82) is 0 Å². The van der Waals surface area contributed by atoms with Gasteiger partial charge in [0, 0.05) is 11.0 Å². The van der Waals surface area contributed by atoms with E-state index in [0.717, 1.165) is 6.42 Å². The summed E-state index contributed by atoms with van der Waals surface area (Å²) in [6.07, 6.45) is 0.925. The van der Waals surface area contributed by atoms with Crippen molar-refractivity contribution in [3.05, 3.63) is 0 Å². The van der Waals surface area contributed by atoms with Crippen molar-refractivity contribution in [1.82, 2.24) is 5.32 Å². The van der Waals surface area contributed by atoms with Gasteiger partial charge in [-0.3, -0.25) is 4.79 Å². The van der Waals surface area contributed by atoms with Crippen LogP contribution in [0.2, 0.25) is 0 Å². The van der Waals surface area contributed by atoms with Gasteiger partial charge in [-0.1, -0.05) is 62.3 Å². The number of carbonyl (C=O) groups is 1. The molecule has 0 aliphatic carbocycles. The van der Waals surface area contributed by atoms with E-state index in [1.54, 1.807) is 0 Å². The molecule has 0 saturated carbocycles. The molecule has 1 amide bonds. The summed E-state index contributed by atoms with van der Waals surface area (Å²) in [6, 6.07) is 0. The summed E-state index contributed by atoms with van der Waals surface area (Å²) in [5, 5.41) is 3.32. The van der Waals surface area contributed by atoms with Crippen LogP contribution < -0.4 is 5.32 Å². The van der Waals surface area contributed by atoms with Crippen LogP contribution in [0.1, 0.15) is 82.6 Å². The van der Waals surface area contributed by atoms with E-state index in [0.29, 0.717) is 17.8 Å². The van der Waals surface area contributed by atoms with Crippen LogP contribution in [0.15, 0.2) is 0 Å². The fourth-order valence-electron chi connectivity index (χ4n) is 2.47. The van der Waals surface area contributed by atoms with Crippen molar-refractivity contribution in [2.45, 2.75) is 88.1 Å². The Hall–Kier alpha value is -0.530. The zero-order chi connectivity index (χ0) is 17.2. The van der Waals surface area contributed by atoms with Crippen LogP contribution in [0.25, 0.3) is 0 Å². The van der Waals surface area contributed by atoms with Gasteiger partial charge in [-0.05, 0) is 43.4 Å². The highest BCUT2D eigenvalue weighted by atomic mass is 16.2. The fraction of sp³-hybridized carbons (Fsp3) is 0.947. The van der Waals surface area contributed by atoms with Gasteiger partial charge in [0.05, 0.1) is 0 Å². The average molecular weight is 298 g/mol. The third-order valence-corrected chi connectivity index (χ3v) is 6.07. The Morgan fingerprint density at radius 3 is 1.67 bits per heavy atom. The Bertz CT molecular complexity index is 351. The Kier molecular flexibility index (Phi) is 6.54. The molecular weight excluding hydrogens is 258 g/mol. The molecule has 0 rings (SSSR count).